The summed E-state index contributed by atoms with van der Waals surface area (Å²) in [6, 6.07) is 63.5. The van der Waals surface area contributed by atoms with Gasteiger partial charge >= 0.3 is 0 Å². The molecule has 0 radical (unpaired) electrons. The molecule has 0 N–H and O–H groups in total. The highest BCUT2D eigenvalue weighted by atomic mass is 15.1. The minimum absolute atomic E-state index is 0.964. The predicted molar refractivity (Wildman–Crippen MR) is 213 cm³/mol. The molecule has 0 aliphatic heterocycles. The maximum Gasteiger partial charge on any atom is 0.145 e. The Balaban J connectivity index is 1.09. The summed E-state index contributed by atoms with van der Waals surface area (Å²) in [5, 5.41) is 7.35. The number of nitrogens with zero attached hydrogens (tertiary/aromatic N) is 4. The van der Waals surface area contributed by atoms with E-state index in [9.17, 15) is 0 Å². The van der Waals surface area contributed by atoms with E-state index in [4.69, 9.17) is 4.98 Å². The maximum atomic E-state index is 4.83. The molecule has 0 aliphatic carbocycles. The van der Waals surface area contributed by atoms with Crippen LogP contribution in [0.4, 0.5) is 0 Å². The van der Waals surface area contributed by atoms with Gasteiger partial charge in [-0.05, 0) is 96.1 Å². The number of rotatable bonds is 4. The van der Waals surface area contributed by atoms with Crippen molar-refractivity contribution >= 4 is 65.5 Å². The highest BCUT2D eigenvalue weighted by molar-refractivity contribution is 6.13. The number of para-hydroxylation sites is 4. The van der Waals surface area contributed by atoms with Gasteiger partial charge in [-0.25, -0.2) is 4.98 Å². The molecule has 0 fully saturated rings. The van der Waals surface area contributed by atoms with Gasteiger partial charge in [0.15, 0.2) is 0 Å². The largest absolute Gasteiger partial charge is 0.309 e. The normalized spacial score (nSPS) is 11.9. The molecule has 0 atom stereocenters. The average Bonchev–Trinajstić information content (AvgIpc) is 3.83. The van der Waals surface area contributed by atoms with Crippen LogP contribution in [0.1, 0.15) is 0 Å². The minimum Gasteiger partial charge on any atom is -0.309 e. The maximum absolute atomic E-state index is 4.83. The Morgan fingerprint density at radius 2 is 0.745 bits per heavy atom. The van der Waals surface area contributed by atoms with E-state index < -0.39 is 0 Å². The lowest BCUT2D eigenvalue weighted by molar-refractivity contribution is 1.11. The van der Waals surface area contributed by atoms with Crippen LogP contribution in [-0.2, 0) is 0 Å². The van der Waals surface area contributed by atoms with Gasteiger partial charge in [0.2, 0.25) is 0 Å². The summed E-state index contributed by atoms with van der Waals surface area (Å²) >= 11 is 0. The first-order valence-corrected chi connectivity index (χ1v) is 17.4. The standard InChI is InChI=1S/C47H30N4/c1-2-12-33(13-3-1)49-42-20-7-5-17-37(42)40-28-31(23-25-45(40)49)32-24-26-46-41(29-32)38-18-6-8-21-43(38)50(46)34-14-10-15-35(30-34)51-44-22-9-4-16-36(44)39-19-11-27-48-47(39)51/h1-30H. The number of benzene rings is 7. The summed E-state index contributed by atoms with van der Waals surface area (Å²) in [6.45, 7) is 0. The van der Waals surface area contributed by atoms with E-state index in [0.717, 1.165) is 27.9 Å². The fraction of sp³-hybridized carbons (Fsp3) is 0. The zero-order valence-electron chi connectivity index (χ0n) is 27.6. The second-order valence-corrected chi connectivity index (χ2v) is 13.3. The third-order valence-corrected chi connectivity index (χ3v) is 10.5. The molecule has 4 aromatic heterocycles. The molecule has 11 rings (SSSR count). The number of aromatic nitrogens is 4. The lowest BCUT2D eigenvalue weighted by Gasteiger charge is -2.12. The summed E-state index contributed by atoms with van der Waals surface area (Å²) < 4.78 is 7.05. The van der Waals surface area contributed by atoms with E-state index in [1.54, 1.807) is 0 Å². The van der Waals surface area contributed by atoms with Crippen molar-refractivity contribution in [1.82, 2.24) is 18.7 Å². The van der Waals surface area contributed by atoms with E-state index in [0.29, 0.717) is 0 Å². The van der Waals surface area contributed by atoms with E-state index in [1.807, 2.05) is 12.3 Å². The monoisotopic (exact) mass is 650 g/mol. The van der Waals surface area contributed by atoms with Crippen molar-refractivity contribution in [2.75, 3.05) is 0 Å². The summed E-state index contributed by atoms with van der Waals surface area (Å²) in [7, 11) is 0. The second kappa shape index (κ2) is 10.8. The number of hydrogen-bond donors (Lipinski definition) is 0. The SMILES string of the molecule is c1ccc(-n2c3ccccc3c3cc(-c4ccc5c(c4)c4ccccc4n5-c4cccc(-n5c6ccccc6c6cccnc65)c4)ccc32)cc1. The van der Waals surface area contributed by atoms with Crippen molar-refractivity contribution in [2.24, 2.45) is 0 Å². The molecule has 0 aliphatic rings. The van der Waals surface area contributed by atoms with Gasteiger partial charge in [0, 0.05) is 55.6 Å². The van der Waals surface area contributed by atoms with Crippen molar-refractivity contribution < 1.29 is 0 Å². The first-order valence-electron chi connectivity index (χ1n) is 17.4. The molecule has 0 bridgehead atoms. The van der Waals surface area contributed by atoms with Crippen LogP contribution in [0.5, 0.6) is 0 Å². The molecule has 0 saturated heterocycles. The highest BCUT2D eigenvalue weighted by Gasteiger charge is 2.18. The quantitative estimate of drug-likeness (QED) is 0.186. The van der Waals surface area contributed by atoms with E-state index in [1.165, 1.54) is 65.8 Å². The van der Waals surface area contributed by atoms with Gasteiger partial charge in [0.25, 0.3) is 0 Å². The molecule has 7 aromatic carbocycles. The summed E-state index contributed by atoms with van der Waals surface area (Å²) in [6.07, 6.45) is 1.88. The Morgan fingerprint density at radius 1 is 0.294 bits per heavy atom. The molecule has 0 unspecified atom stereocenters. The van der Waals surface area contributed by atoms with Crippen LogP contribution in [0.25, 0.3) is 93.7 Å². The van der Waals surface area contributed by atoms with Crippen LogP contribution < -0.4 is 0 Å². The molecule has 0 amide bonds. The zero-order chi connectivity index (χ0) is 33.5. The highest BCUT2D eigenvalue weighted by Crippen LogP contribution is 2.39. The van der Waals surface area contributed by atoms with Crippen molar-refractivity contribution in [1.29, 1.82) is 0 Å². The Morgan fingerprint density at radius 3 is 1.37 bits per heavy atom. The molecule has 11 aromatic rings. The van der Waals surface area contributed by atoms with E-state index in [-0.39, 0.29) is 0 Å². The van der Waals surface area contributed by atoms with Crippen molar-refractivity contribution in [2.45, 2.75) is 0 Å². The Hall–Kier alpha value is -6.91. The molecular weight excluding hydrogens is 621 g/mol. The molecule has 51 heavy (non-hydrogen) atoms. The lowest BCUT2D eigenvalue weighted by atomic mass is 10.0. The molecule has 238 valence electrons. The van der Waals surface area contributed by atoms with Crippen molar-refractivity contribution in [3.05, 3.63) is 182 Å². The Bertz CT molecular complexity index is 3090. The van der Waals surface area contributed by atoms with Gasteiger partial charge in [-0.3, -0.25) is 4.57 Å². The van der Waals surface area contributed by atoms with E-state index >= 15 is 0 Å². The number of hydrogen-bond acceptors (Lipinski definition) is 1. The Labute approximate surface area is 293 Å². The number of fused-ring (bicyclic) bond motifs is 9. The lowest BCUT2D eigenvalue weighted by Crippen LogP contribution is -1.99. The molecular formula is C47H30N4. The first-order chi connectivity index (χ1) is 25.3. The van der Waals surface area contributed by atoms with Crippen LogP contribution >= 0.6 is 0 Å². The average molecular weight is 651 g/mol. The summed E-state index contributed by atoms with van der Waals surface area (Å²) in [5.41, 5.74) is 12.7. The zero-order valence-corrected chi connectivity index (χ0v) is 27.6. The van der Waals surface area contributed by atoms with Crippen LogP contribution in [0.2, 0.25) is 0 Å². The third-order valence-electron chi connectivity index (χ3n) is 10.5. The predicted octanol–water partition coefficient (Wildman–Crippen LogP) is 12.0. The van der Waals surface area contributed by atoms with Gasteiger partial charge in [0.1, 0.15) is 5.65 Å². The summed E-state index contributed by atoms with van der Waals surface area (Å²) in [5.74, 6) is 0. The minimum atomic E-state index is 0.964. The Kier molecular flexibility index (Phi) is 5.92. The topological polar surface area (TPSA) is 27.7 Å². The third kappa shape index (κ3) is 4.11. The van der Waals surface area contributed by atoms with Crippen LogP contribution in [-0.4, -0.2) is 18.7 Å². The molecule has 4 heterocycles. The van der Waals surface area contributed by atoms with Crippen LogP contribution in [0, 0.1) is 0 Å². The number of pyridine rings is 1. The van der Waals surface area contributed by atoms with Gasteiger partial charge < -0.3 is 9.13 Å². The molecule has 4 nitrogen and oxygen atoms in total. The smallest absolute Gasteiger partial charge is 0.145 e. The first kappa shape index (κ1) is 28.0. The molecule has 4 heteroatoms. The van der Waals surface area contributed by atoms with Gasteiger partial charge in [0.05, 0.1) is 27.6 Å². The van der Waals surface area contributed by atoms with E-state index in [2.05, 4.69) is 184 Å². The fourth-order valence-electron chi connectivity index (χ4n) is 8.27. The summed E-state index contributed by atoms with van der Waals surface area (Å²) in [4.78, 5) is 4.83. The van der Waals surface area contributed by atoms with Crippen LogP contribution in [0.3, 0.4) is 0 Å². The molecule has 0 saturated carbocycles. The van der Waals surface area contributed by atoms with Gasteiger partial charge in [-0.15, -0.1) is 0 Å². The van der Waals surface area contributed by atoms with Gasteiger partial charge in [-0.2, -0.15) is 0 Å². The van der Waals surface area contributed by atoms with Crippen LogP contribution in [0.15, 0.2) is 182 Å². The molecule has 0 spiro atoms. The van der Waals surface area contributed by atoms with Crippen molar-refractivity contribution in [3.8, 4) is 28.2 Å². The second-order valence-electron chi connectivity index (χ2n) is 13.3. The van der Waals surface area contributed by atoms with Crippen molar-refractivity contribution in [3.63, 3.8) is 0 Å². The fourth-order valence-corrected chi connectivity index (χ4v) is 8.27. The van der Waals surface area contributed by atoms with Gasteiger partial charge in [-0.1, -0.05) is 91.0 Å².